The lowest BCUT2D eigenvalue weighted by molar-refractivity contribution is 0.466. The van der Waals surface area contributed by atoms with Crippen LogP contribution in [0, 0.1) is 83.1 Å². The molecule has 9 heteroatoms. The van der Waals surface area contributed by atoms with Crippen molar-refractivity contribution in [2.45, 2.75) is 83.1 Å². The van der Waals surface area contributed by atoms with Crippen molar-refractivity contribution in [3.63, 3.8) is 0 Å². The number of ether oxygens (including phenoxy) is 3. The van der Waals surface area contributed by atoms with Crippen LogP contribution in [0.25, 0.3) is 55.6 Å². The molecule has 6 heterocycles. The Labute approximate surface area is 652 Å². The highest BCUT2D eigenvalue weighted by Crippen LogP contribution is 2.54. The molecule has 0 N–H and O–H groups in total. The first-order valence-corrected chi connectivity index (χ1v) is 39.1. The SMILES string of the molecule is Cc1cc(C)c(N2c3cc4c(cc3B3c5cc6c(cc5N(c5c(C)cc(C)cc5C)c5cc(-c7c(C)cccc7C)cc2c53)N(c2ccccc2)c2cc(-c3c(C)cccc3C)cc3c2B6c2cccc(-c5ccccc5)c2O3)B2c3cccc(-c5ccccc5)c3Oc3cc(-c5c(C)cccc5C)cc(c32)O4)c(C)c1. The number of para-hydroxylation sites is 3. The highest BCUT2D eigenvalue weighted by molar-refractivity contribution is 7.04. The lowest BCUT2D eigenvalue weighted by Gasteiger charge is -2.47. The van der Waals surface area contributed by atoms with Crippen LogP contribution in [0.5, 0.6) is 34.5 Å². The molecule has 0 spiro atoms. The van der Waals surface area contributed by atoms with Crippen LogP contribution in [0.3, 0.4) is 0 Å². The summed E-state index contributed by atoms with van der Waals surface area (Å²) in [6.45, 7) is 26.3. The minimum absolute atomic E-state index is 0.270. The van der Waals surface area contributed by atoms with Crippen LogP contribution in [-0.4, -0.2) is 20.1 Å². The molecular formula is C102H80B3N3O3. The third-order valence-electron chi connectivity index (χ3n) is 24.8. The largest absolute Gasteiger partial charge is 0.458 e. The van der Waals surface area contributed by atoms with Gasteiger partial charge < -0.3 is 28.9 Å². The fraction of sp³-hybridized carbons (Fsp3) is 0.118. The fourth-order valence-electron chi connectivity index (χ4n) is 20.6. The topological polar surface area (TPSA) is 37.4 Å². The Morgan fingerprint density at radius 1 is 0.225 bits per heavy atom. The van der Waals surface area contributed by atoms with E-state index in [9.17, 15) is 0 Å². The molecule has 0 unspecified atom stereocenters. The second-order valence-corrected chi connectivity index (χ2v) is 32.1. The summed E-state index contributed by atoms with van der Waals surface area (Å²) in [5.74, 6) is 5.02. The van der Waals surface area contributed by atoms with E-state index < -0.39 is 0 Å². The van der Waals surface area contributed by atoms with Gasteiger partial charge in [-0.1, -0.05) is 217 Å². The predicted octanol–water partition coefficient (Wildman–Crippen LogP) is 20.9. The van der Waals surface area contributed by atoms with Crippen LogP contribution < -0.4 is 78.1 Å². The number of aryl methyl sites for hydroxylation is 12. The number of nitrogens with zero attached hydrogens (tertiary/aromatic N) is 3. The number of fused-ring (bicyclic) bond motifs is 12. The molecule has 0 bridgehead atoms. The molecule has 0 amide bonds. The first-order valence-electron chi connectivity index (χ1n) is 39.1. The molecule has 6 aliphatic heterocycles. The van der Waals surface area contributed by atoms with E-state index in [2.05, 4.69) is 365 Å². The van der Waals surface area contributed by atoms with Gasteiger partial charge in [0.25, 0.3) is 20.1 Å². The van der Waals surface area contributed by atoms with Gasteiger partial charge in [-0.3, -0.25) is 0 Å². The van der Waals surface area contributed by atoms with Gasteiger partial charge in [-0.2, -0.15) is 0 Å². The number of hydrogen-bond donors (Lipinski definition) is 0. The minimum atomic E-state index is -0.345. The molecule has 0 aromatic heterocycles. The van der Waals surface area contributed by atoms with Gasteiger partial charge in [0.05, 0.1) is 11.4 Å². The van der Waals surface area contributed by atoms with Crippen LogP contribution >= 0.6 is 0 Å². The number of hydrogen-bond acceptors (Lipinski definition) is 6. The van der Waals surface area contributed by atoms with Crippen LogP contribution in [0.4, 0.5) is 51.2 Å². The number of benzene rings is 15. The zero-order chi connectivity index (χ0) is 75.3. The maximum atomic E-state index is 7.83. The van der Waals surface area contributed by atoms with E-state index >= 15 is 0 Å². The van der Waals surface area contributed by atoms with Gasteiger partial charge in [-0.15, -0.1) is 0 Å². The van der Waals surface area contributed by atoms with Crippen molar-refractivity contribution in [3.05, 3.63) is 334 Å². The van der Waals surface area contributed by atoms with Crippen LogP contribution in [-0.2, 0) is 0 Å². The van der Waals surface area contributed by atoms with E-state index in [0.29, 0.717) is 0 Å². The van der Waals surface area contributed by atoms with Crippen LogP contribution in [0.15, 0.2) is 267 Å². The third-order valence-corrected chi connectivity index (χ3v) is 24.8. The third kappa shape index (κ3) is 10.00. The maximum Gasteiger partial charge on any atom is 0.260 e. The first-order chi connectivity index (χ1) is 54.0. The molecule has 21 rings (SSSR count). The molecule has 0 aliphatic carbocycles. The molecule has 111 heavy (non-hydrogen) atoms. The zero-order valence-corrected chi connectivity index (χ0v) is 64.7. The number of anilines is 9. The van der Waals surface area contributed by atoms with Gasteiger partial charge >= 0.3 is 0 Å². The van der Waals surface area contributed by atoms with E-state index in [1.54, 1.807) is 0 Å². The van der Waals surface area contributed by atoms with Gasteiger partial charge in [0.2, 0.25) is 0 Å². The number of rotatable bonds is 8. The van der Waals surface area contributed by atoms with Gasteiger partial charge in [0, 0.05) is 62.5 Å². The summed E-state index contributed by atoms with van der Waals surface area (Å²) in [7, 11) is 0. The van der Waals surface area contributed by atoms with Gasteiger partial charge in [-0.25, -0.2) is 0 Å². The fourth-order valence-corrected chi connectivity index (χ4v) is 20.6. The van der Waals surface area contributed by atoms with Crippen molar-refractivity contribution in [2.75, 3.05) is 14.7 Å². The summed E-state index contributed by atoms with van der Waals surface area (Å²) in [5.41, 5.74) is 46.2. The monoisotopic (exact) mass is 1430 g/mol. The van der Waals surface area contributed by atoms with E-state index in [0.717, 1.165) is 146 Å². The summed E-state index contributed by atoms with van der Waals surface area (Å²) in [4.78, 5) is 7.92. The van der Waals surface area contributed by atoms with Crippen molar-refractivity contribution >= 4 is 120 Å². The van der Waals surface area contributed by atoms with Crippen molar-refractivity contribution in [1.29, 1.82) is 0 Å². The van der Waals surface area contributed by atoms with Gasteiger partial charge in [0.15, 0.2) is 0 Å². The average Bonchev–Trinajstić information content (AvgIpc) is 0.678. The lowest BCUT2D eigenvalue weighted by atomic mass is 9.29. The Hall–Kier alpha value is -12.7. The van der Waals surface area contributed by atoms with Crippen molar-refractivity contribution in [3.8, 4) is 90.1 Å². The molecule has 15 aromatic rings. The predicted molar refractivity (Wildman–Crippen MR) is 468 cm³/mol. The maximum absolute atomic E-state index is 7.83. The van der Waals surface area contributed by atoms with E-state index in [-0.39, 0.29) is 20.1 Å². The lowest BCUT2D eigenvalue weighted by Crippen LogP contribution is -2.66. The standard InChI is InChI=1S/C102H80B3N3O3/c1-57-43-65(9)99(66(10)44-57)107-84-55-83-79(103-77-41-25-39-75(69-33-16-13-17-34-69)101(77)110-90-50-72(94-61(5)29-23-30-62(94)6)49-88(97(90)103)106(83)74-37-20-15-21-38-74)53-80(84)105-81-54-82-89(56-85(81)108(100-67(11)45-58(2)46-68(100)12)87-48-71(47-86(107)96(87)105)93-59(3)27-22-28-60(93)4)109-91-51-73(95-63(7)31-24-32-64(95)8)52-92-98(91)104(82)78-42-26-40-76(102(78)111-92)70-35-18-14-19-36-70/h13-56H,1-12H3. The Morgan fingerprint density at radius 3 is 1.04 bits per heavy atom. The zero-order valence-electron chi connectivity index (χ0n) is 64.7. The quantitative estimate of drug-likeness (QED) is 0.141. The highest BCUT2D eigenvalue weighted by atomic mass is 16.5. The first kappa shape index (κ1) is 66.5. The second kappa shape index (κ2) is 24.9. The average molecular weight is 1430 g/mol. The van der Waals surface area contributed by atoms with Crippen molar-refractivity contribution in [2.24, 2.45) is 0 Å². The highest BCUT2D eigenvalue weighted by Gasteiger charge is 2.51. The van der Waals surface area contributed by atoms with E-state index in [1.165, 1.54) is 111 Å². The Kier molecular flexibility index (Phi) is 14.9. The molecule has 0 radical (unpaired) electrons. The van der Waals surface area contributed by atoms with E-state index in [4.69, 9.17) is 14.2 Å². The Balaban J connectivity index is 0.918. The normalized spacial score (nSPS) is 13.3. The second-order valence-electron chi connectivity index (χ2n) is 32.1. The van der Waals surface area contributed by atoms with E-state index in [1.807, 2.05) is 0 Å². The van der Waals surface area contributed by atoms with Crippen molar-refractivity contribution < 1.29 is 14.2 Å². The Morgan fingerprint density at radius 2 is 0.577 bits per heavy atom. The minimum Gasteiger partial charge on any atom is -0.458 e. The molecule has 0 atom stereocenters. The summed E-state index contributed by atoms with van der Waals surface area (Å²) >= 11 is 0. The summed E-state index contributed by atoms with van der Waals surface area (Å²) < 4.78 is 23.1. The molecular weight excluding hydrogens is 1350 g/mol. The van der Waals surface area contributed by atoms with Gasteiger partial charge in [0.1, 0.15) is 34.5 Å². The molecule has 6 aliphatic rings. The molecule has 0 fully saturated rings. The molecule has 530 valence electrons. The molecule has 0 saturated carbocycles. The van der Waals surface area contributed by atoms with Crippen LogP contribution in [0.1, 0.15) is 66.8 Å². The molecule has 15 aromatic carbocycles. The molecule has 6 nitrogen and oxygen atoms in total. The van der Waals surface area contributed by atoms with Crippen LogP contribution in [0.2, 0.25) is 0 Å². The van der Waals surface area contributed by atoms with Gasteiger partial charge in [-0.05, 0) is 282 Å². The Bertz CT molecular complexity index is 6460. The summed E-state index contributed by atoms with van der Waals surface area (Å²) in [6, 6.07) is 101. The molecule has 0 saturated heterocycles. The summed E-state index contributed by atoms with van der Waals surface area (Å²) in [5, 5.41) is 0. The smallest absolute Gasteiger partial charge is 0.260 e. The van der Waals surface area contributed by atoms with Crippen molar-refractivity contribution in [1.82, 2.24) is 0 Å². The summed E-state index contributed by atoms with van der Waals surface area (Å²) in [6.07, 6.45) is 0.